The Kier molecular flexibility index (Phi) is 4.63. The fourth-order valence-electron chi connectivity index (χ4n) is 1.89. The smallest absolute Gasteiger partial charge is 0.248 e. The highest BCUT2D eigenvalue weighted by molar-refractivity contribution is 7.99. The minimum Gasteiger partial charge on any atom is -0.465 e. The van der Waals surface area contributed by atoms with Crippen LogP contribution in [0.25, 0.3) is 6.08 Å². The van der Waals surface area contributed by atoms with Crippen molar-refractivity contribution < 1.29 is 9.21 Å². The van der Waals surface area contributed by atoms with Crippen molar-refractivity contribution in [1.29, 1.82) is 0 Å². The Bertz CT molecular complexity index is 805. The summed E-state index contributed by atoms with van der Waals surface area (Å²) in [6.07, 6.45) is 8.30. The molecule has 6 heteroatoms. The maximum absolute atomic E-state index is 11.8. The summed E-state index contributed by atoms with van der Waals surface area (Å²) >= 11 is 1.57. The van der Waals surface area contributed by atoms with E-state index < -0.39 is 0 Å². The lowest BCUT2D eigenvalue weighted by atomic mass is 10.3. The van der Waals surface area contributed by atoms with Crippen molar-refractivity contribution >= 4 is 29.4 Å². The van der Waals surface area contributed by atoms with Gasteiger partial charge >= 0.3 is 0 Å². The number of benzene rings is 1. The summed E-state index contributed by atoms with van der Waals surface area (Å²) in [4.78, 5) is 17.2. The molecule has 1 N–H and O–H groups in total. The van der Waals surface area contributed by atoms with Crippen molar-refractivity contribution in [2.45, 2.75) is 10.1 Å². The van der Waals surface area contributed by atoms with Crippen LogP contribution in [0.2, 0.25) is 0 Å². The second-order valence-corrected chi connectivity index (χ2v) is 5.83. The highest BCUT2D eigenvalue weighted by Gasteiger charge is 2.03. The maximum Gasteiger partial charge on any atom is 0.248 e. The molecule has 116 valence electrons. The third-order valence-electron chi connectivity index (χ3n) is 3.05. The molecule has 0 atom stereocenters. The van der Waals surface area contributed by atoms with Gasteiger partial charge in [-0.05, 0) is 42.5 Å². The van der Waals surface area contributed by atoms with E-state index in [9.17, 15) is 4.79 Å². The number of nitrogens with zero attached hydrogens (tertiary/aromatic N) is 2. The number of furan rings is 1. The topological polar surface area (TPSA) is 60.1 Å². The predicted molar refractivity (Wildman–Crippen MR) is 90.1 cm³/mol. The Hall–Kier alpha value is -2.73. The number of aromatic nitrogens is 2. The number of imidazole rings is 1. The molecule has 0 aliphatic heterocycles. The Balaban J connectivity index is 1.59. The van der Waals surface area contributed by atoms with Crippen molar-refractivity contribution in [2.24, 2.45) is 7.05 Å². The van der Waals surface area contributed by atoms with Gasteiger partial charge in [0, 0.05) is 36.1 Å². The van der Waals surface area contributed by atoms with Crippen molar-refractivity contribution in [3.05, 3.63) is 66.9 Å². The second kappa shape index (κ2) is 7.02. The number of rotatable bonds is 5. The Morgan fingerprint density at radius 3 is 2.78 bits per heavy atom. The zero-order valence-electron chi connectivity index (χ0n) is 12.5. The first-order valence-electron chi connectivity index (χ1n) is 6.98. The average Bonchev–Trinajstić information content (AvgIpc) is 3.20. The lowest BCUT2D eigenvalue weighted by Gasteiger charge is -2.04. The van der Waals surface area contributed by atoms with E-state index in [2.05, 4.69) is 10.3 Å². The van der Waals surface area contributed by atoms with Gasteiger partial charge in [-0.25, -0.2) is 4.98 Å². The average molecular weight is 325 g/mol. The van der Waals surface area contributed by atoms with Gasteiger partial charge < -0.3 is 14.3 Å². The van der Waals surface area contributed by atoms with Gasteiger partial charge in [0.2, 0.25) is 5.91 Å². The first-order valence-corrected chi connectivity index (χ1v) is 7.80. The molecule has 0 fully saturated rings. The van der Waals surface area contributed by atoms with Crippen LogP contribution in [0.5, 0.6) is 0 Å². The van der Waals surface area contributed by atoms with Crippen LogP contribution in [0.3, 0.4) is 0 Å². The highest BCUT2D eigenvalue weighted by atomic mass is 32.2. The van der Waals surface area contributed by atoms with Crippen LogP contribution in [-0.2, 0) is 11.8 Å². The van der Waals surface area contributed by atoms with E-state index in [1.165, 1.54) is 6.08 Å². The predicted octanol–water partition coefficient (Wildman–Crippen LogP) is 3.82. The monoisotopic (exact) mass is 325 g/mol. The largest absolute Gasteiger partial charge is 0.465 e. The van der Waals surface area contributed by atoms with Crippen LogP contribution >= 0.6 is 11.8 Å². The van der Waals surface area contributed by atoms with Gasteiger partial charge in [0.1, 0.15) is 5.76 Å². The summed E-state index contributed by atoms with van der Waals surface area (Å²) in [5.74, 6) is 0.438. The molecule has 5 nitrogen and oxygen atoms in total. The number of hydrogen-bond donors (Lipinski definition) is 1. The molecule has 0 saturated carbocycles. The first kappa shape index (κ1) is 15.2. The number of nitrogens with one attached hydrogen (secondary N) is 1. The summed E-state index contributed by atoms with van der Waals surface area (Å²) in [6, 6.07) is 11.2. The van der Waals surface area contributed by atoms with Gasteiger partial charge in [-0.2, -0.15) is 0 Å². The number of anilines is 1. The molecule has 0 aliphatic rings. The summed E-state index contributed by atoms with van der Waals surface area (Å²) in [7, 11) is 1.95. The molecule has 2 heterocycles. The number of carbonyl (C=O) groups is 1. The molecule has 1 aromatic carbocycles. The minimum atomic E-state index is -0.203. The molecule has 0 spiro atoms. The second-order valence-electron chi connectivity index (χ2n) is 4.79. The molecule has 0 saturated heterocycles. The molecular formula is C17H15N3O2S. The molecule has 23 heavy (non-hydrogen) atoms. The fraction of sp³-hybridized carbons (Fsp3) is 0.0588. The molecule has 0 unspecified atom stereocenters. The third kappa shape index (κ3) is 4.14. The van der Waals surface area contributed by atoms with E-state index in [1.807, 2.05) is 42.1 Å². The number of amides is 1. The van der Waals surface area contributed by atoms with E-state index in [0.29, 0.717) is 5.76 Å². The molecule has 3 aromatic rings. The molecular weight excluding hydrogens is 310 g/mol. The lowest BCUT2D eigenvalue weighted by molar-refractivity contribution is -0.111. The summed E-state index contributed by atoms with van der Waals surface area (Å²) in [5.41, 5.74) is 0.739. The minimum absolute atomic E-state index is 0.203. The zero-order valence-corrected chi connectivity index (χ0v) is 13.3. The molecule has 0 radical (unpaired) electrons. The van der Waals surface area contributed by atoms with Crippen molar-refractivity contribution in [1.82, 2.24) is 9.55 Å². The summed E-state index contributed by atoms with van der Waals surface area (Å²) < 4.78 is 7.09. The van der Waals surface area contributed by atoms with Crippen LogP contribution in [0.15, 0.2) is 75.6 Å². The Morgan fingerprint density at radius 2 is 2.13 bits per heavy atom. The maximum atomic E-state index is 11.8. The van der Waals surface area contributed by atoms with E-state index in [-0.39, 0.29) is 5.91 Å². The molecule has 0 aliphatic carbocycles. The normalized spacial score (nSPS) is 11.0. The highest BCUT2D eigenvalue weighted by Crippen LogP contribution is 2.26. The van der Waals surface area contributed by atoms with E-state index in [1.54, 1.807) is 42.4 Å². The SMILES string of the molecule is Cn1ccnc1Sc1ccc(NC(=O)/C=C/c2ccco2)cc1. The van der Waals surface area contributed by atoms with Gasteiger partial charge in [0.15, 0.2) is 5.16 Å². The van der Waals surface area contributed by atoms with Gasteiger partial charge in [-0.3, -0.25) is 4.79 Å². The van der Waals surface area contributed by atoms with Gasteiger partial charge in [-0.1, -0.05) is 11.8 Å². The number of hydrogen-bond acceptors (Lipinski definition) is 4. The van der Waals surface area contributed by atoms with Crippen molar-refractivity contribution in [2.75, 3.05) is 5.32 Å². The van der Waals surface area contributed by atoms with E-state index >= 15 is 0 Å². The quantitative estimate of drug-likeness (QED) is 0.725. The van der Waals surface area contributed by atoms with Crippen LogP contribution in [0.4, 0.5) is 5.69 Å². The van der Waals surface area contributed by atoms with Crippen LogP contribution in [0.1, 0.15) is 5.76 Å². The van der Waals surface area contributed by atoms with Gasteiger partial charge in [0.05, 0.1) is 6.26 Å². The van der Waals surface area contributed by atoms with Gasteiger partial charge in [0.25, 0.3) is 0 Å². The first-order chi connectivity index (χ1) is 11.2. The molecule has 3 rings (SSSR count). The van der Waals surface area contributed by atoms with Crippen molar-refractivity contribution in [3.8, 4) is 0 Å². The zero-order chi connectivity index (χ0) is 16.1. The number of aryl methyl sites for hydroxylation is 1. The summed E-state index contributed by atoms with van der Waals surface area (Å²) in [6.45, 7) is 0. The third-order valence-corrected chi connectivity index (χ3v) is 4.13. The Morgan fingerprint density at radius 1 is 1.30 bits per heavy atom. The fourth-order valence-corrected chi connectivity index (χ4v) is 2.69. The summed E-state index contributed by atoms with van der Waals surface area (Å²) in [5, 5.41) is 3.72. The number of carbonyl (C=O) groups excluding carboxylic acids is 1. The Labute approximate surface area is 138 Å². The van der Waals surface area contributed by atoms with Crippen LogP contribution in [-0.4, -0.2) is 15.5 Å². The van der Waals surface area contributed by atoms with Gasteiger partial charge in [-0.15, -0.1) is 0 Å². The lowest BCUT2D eigenvalue weighted by Crippen LogP contribution is -2.07. The molecule has 2 aromatic heterocycles. The standard InChI is InChI=1S/C17H15N3O2S/c1-20-11-10-18-17(20)23-15-7-4-13(5-8-15)19-16(21)9-6-14-3-2-12-22-14/h2-12H,1H3,(H,19,21)/b9-6+. The van der Waals surface area contributed by atoms with E-state index in [4.69, 9.17) is 4.42 Å². The van der Waals surface area contributed by atoms with Crippen molar-refractivity contribution in [3.63, 3.8) is 0 Å². The van der Waals surface area contributed by atoms with Crippen LogP contribution in [0, 0.1) is 0 Å². The molecule has 0 bridgehead atoms. The molecule has 1 amide bonds. The van der Waals surface area contributed by atoms with Crippen LogP contribution < -0.4 is 5.32 Å². The van der Waals surface area contributed by atoms with E-state index in [0.717, 1.165) is 15.7 Å².